The van der Waals surface area contributed by atoms with Crippen LogP contribution in [0, 0.1) is 0 Å². The molecule has 0 saturated carbocycles. The molecule has 0 saturated heterocycles. The number of benzene rings is 2. The zero-order valence-corrected chi connectivity index (χ0v) is 17.7. The highest BCUT2D eigenvalue weighted by molar-refractivity contribution is 6.04. The number of esters is 1. The molecule has 162 valence electrons. The number of rotatable bonds is 7. The fourth-order valence-electron chi connectivity index (χ4n) is 3.02. The van der Waals surface area contributed by atoms with Crippen molar-refractivity contribution in [3.8, 4) is 11.5 Å². The number of aromatic nitrogens is 2. The summed E-state index contributed by atoms with van der Waals surface area (Å²) in [4.78, 5) is 37.9. The number of ether oxygens (including phenoxy) is 3. The van der Waals surface area contributed by atoms with Crippen LogP contribution in [0.4, 0.5) is 5.69 Å². The molecule has 9 heteroatoms. The molecule has 0 aliphatic carbocycles. The van der Waals surface area contributed by atoms with Crippen molar-refractivity contribution in [2.75, 3.05) is 19.5 Å². The van der Waals surface area contributed by atoms with Gasteiger partial charge in [0.05, 0.1) is 25.3 Å². The van der Waals surface area contributed by atoms with Gasteiger partial charge in [-0.3, -0.25) is 9.59 Å². The second-order valence-corrected chi connectivity index (χ2v) is 6.62. The molecule has 0 aliphatic rings. The summed E-state index contributed by atoms with van der Waals surface area (Å²) in [6, 6.07) is 11.6. The van der Waals surface area contributed by atoms with Crippen molar-refractivity contribution >= 4 is 28.3 Å². The van der Waals surface area contributed by atoms with E-state index in [1.54, 1.807) is 49.4 Å². The van der Waals surface area contributed by atoms with Gasteiger partial charge in [0.15, 0.2) is 11.8 Å². The van der Waals surface area contributed by atoms with E-state index < -0.39 is 18.0 Å². The molecule has 0 bridgehead atoms. The van der Waals surface area contributed by atoms with Gasteiger partial charge in [0.25, 0.3) is 11.5 Å². The zero-order valence-electron chi connectivity index (χ0n) is 17.7. The normalized spacial score (nSPS) is 11.6. The fraction of sp³-hybridized carbons (Fsp3) is 0.273. The van der Waals surface area contributed by atoms with Crippen LogP contribution >= 0.6 is 0 Å². The lowest BCUT2D eigenvalue weighted by Crippen LogP contribution is -2.32. The van der Waals surface area contributed by atoms with Crippen LogP contribution in [-0.2, 0) is 16.1 Å². The summed E-state index contributed by atoms with van der Waals surface area (Å²) in [6.07, 6.45) is -1.13. The smallest absolute Gasteiger partial charge is 0.360 e. The van der Waals surface area contributed by atoms with E-state index in [1.807, 2.05) is 0 Å². The third-order valence-corrected chi connectivity index (χ3v) is 4.68. The van der Waals surface area contributed by atoms with E-state index in [1.165, 1.54) is 25.8 Å². The highest BCUT2D eigenvalue weighted by Gasteiger charge is 2.24. The highest BCUT2D eigenvalue weighted by atomic mass is 16.5. The number of amides is 1. The molecule has 0 fully saturated rings. The number of carbonyl (C=O) groups is 2. The van der Waals surface area contributed by atoms with Crippen LogP contribution in [0.25, 0.3) is 10.8 Å². The molecule has 3 aromatic rings. The molecule has 1 heterocycles. The molecule has 0 spiro atoms. The van der Waals surface area contributed by atoms with Crippen molar-refractivity contribution in [3.63, 3.8) is 0 Å². The van der Waals surface area contributed by atoms with Crippen LogP contribution in [0.1, 0.15) is 24.3 Å². The monoisotopic (exact) mass is 425 g/mol. The molecule has 9 nitrogen and oxygen atoms in total. The molecule has 2 aromatic carbocycles. The van der Waals surface area contributed by atoms with Crippen molar-refractivity contribution in [1.29, 1.82) is 0 Å². The Morgan fingerprint density at radius 3 is 2.45 bits per heavy atom. The number of hydrogen-bond donors (Lipinski definition) is 1. The van der Waals surface area contributed by atoms with Crippen molar-refractivity contribution in [2.45, 2.75) is 26.5 Å². The average Bonchev–Trinajstić information content (AvgIpc) is 2.79. The van der Waals surface area contributed by atoms with Crippen LogP contribution in [0.3, 0.4) is 0 Å². The van der Waals surface area contributed by atoms with Crippen LogP contribution in [0.2, 0.25) is 0 Å². The second kappa shape index (κ2) is 9.29. The number of carbonyl (C=O) groups excluding carboxylic acids is 2. The molecule has 1 N–H and O–H groups in total. The number of fused-ring (bicyclic) bond motifs is 1. The minimum Gasteiger partial charge on any atom is -0.497 e. The zero-order chi connectivity index (χ0) is 22.5. The van der Waals surface area contributed by atoms with Gasteiger partial charge in [-0.25, -0.2) is 9.48 Å². The number of nitrogens with one attached hydrogen (secondary N) is 1. The maximum Gasteiger partial charge on any atom is 0.360 e. The largest absolute Gasteiger partial charge is 0.497 e. The molecule has 0 aliphatic heterocycles. The summed E-state index contributed by atoms with van der Waals surface area (Å²) in [5.74, 6) is -0.416. The summed E-state index contributed by atoms with van der Waals surface area (Å²) in [5.41, 5.74) is 0.0408. The van der Waals surface area contributed by atoms with Gasteiger partial charge in [-0.1, -0.05) is 18.2 Å². The lowest BCUT2D eigenvalue weighted by atomic mass is 10.1. The Hall–Kier alpha value is -3.88. The first-order valence-corrected chi connectivity index (χ1v) is 9.63. The van der Waals surface area contributed by atoms with E-state index in [-0.39, 0.29) is 17.8 Å². The molecular weight excluding hydrogens is 402 g/mol. The Bertz CT molecular complexity index is 1190. The lowest BCUT2D eigenvalue weighted by Gasteiger charge is -2.16. The average molecular weight is 425 g/mol. The van der Waals surface area contributed by atoms with Crippen molar-refractivity contribution in [1.82, 2.24) is 9.78 Å². The lowest BCUT2D eigenvalue weighted by molar-refractivity contribution is -0.123. The summed E-state index contributed by atoms with van der Waals surface area (Å²) >= 11 is 0. The van der Waals surface area contributed by atoms with Crippen molar-refractivity contribution in [3.05, 3.63) is 58.5 Å². The molecule has 1 atom stereocenters. The third-order valence-electron chi connectivity index (χ3n) is 4.68. The first-order valence-electron chi connectivity index (χ1n) is 9.63. The minimum absolute atomic E-state index is 0.0318. The Labute approximate surface area is 178 Å². The van der Waals surface area contributed by atoms with E-state index >= 15 is 0 Å². The summed E-state index contributed by atoms with van der Waals surface area (Å²) in [6.45, 7) is 3.48. The summed E-state index contributed by atoms with van der Waals surface area (Å²) in [7, 11) is 2.98. The molecule has 0 unspecified atom stereocenters. The van der Waals surface area contributed by atoms with E-state index in [9.17, 15) is 14.4 Å². The van der Waals surface area contributed by atoms with Gasteiger partial charge in [0.2, 0.25) is 0 Å². The Morgan fingerprint density at radius 2 is 1.81 bits per heavy atom. The number of aryl methyl sites for hydroxylation is 1. The maximum atomic E-state index is 12.8. The molecule has 31 heavy (non-hydrogen) atoms. The first-order chi connectivity index (χ1) is 14.9. The van der Waals surface area contributed by atoms with Crippen molar-refractivity contribution < 1.29 is 23.8 Å². The SMILES string of the molecule is CCn1nc(C(=O)O[C@@H](C)C(=O)Nc2cc(OC)ccc2OC)c2ccccc2c1=O. The van der Waals surface area contributed by atoms with Crippen LogP contribution in [-0.4, -0.2) is 42.0 Å². The second-order valence-electron chi connectivity index (χ2n) is 6.62. The van der Waals surface area contributed by atoms with Crippen LogP contribution in [0.5, 0.6) is 11.5 Å². The van der Waals surface area contributed by atoms with Gasteiger partial charge >= 0.3 is 5.97 Å². The van der Waals surface area contributed by atoms with Gasteiger partial charge in [-0.15, -0.1) is 0 Å². The van der Waals surface area contributed by atoms with Gasteiger partial charge in [-0.05, 0) is 32.0 Å². The first kappa shape index (κ1) is 21.8. The van der Waals surface area contributed by atoms with Gasteiger partial charge in [0, 0.05) is 18.0 Å². The molecule has 0 radical (unpaired) electrons. The molecule has 1 amide bonds. The van der Waals surface area contributed by atoms with Crippen LogP contribution < -0.4 is 20.3 Å². The number of hydrogen-bond acceptors (Lipinski definition) is 7. The van der Waals surface area contributed by atoms with Gasteiger partial charge in [-0.2, -0.15) is 5.10 Å². The number of nitrogens with zero attached hydrogens (tertiary/aromatic N) is 2. The minimum atomic E-state index is -1.13. The molecule has 1 aromatic heterocycles. The predicted octanol–water partition coefficient (Wildman–Crippen LogP) is 2.62. The maximum absolute atomic E-state index is 12.8. The molecular formula is C22H23N3O6. The van der Waals surface area contributed by atoms with E-state index in [0.717, 1.165) is 0 Å². The predicted molar refractivity (Wildman–Crippen MR) is 115 cm³/mol. The van der Waals surface area contributed by atoms with E-state index in [0.29, 0.717) is 28.0 Å². The standard InChI is InChI=1S/C22H23N3O6/c1-5-25-21(27)16-9-7-6-8-15(16)19(24-25)22(28)31-13(2)20(26)23-17-12-14(29-3)10-11-18(17)30-4/h6-13H,5H2,1-4H3,(H,23,26)/t13-/m0/s1. The van der Waals surface area contributed by atoms with E-state index in [2.05, 4.69) is 10.4 Å². The highest BCUT2D eigenvalue weighted by Crippen LogP contribution is 2.29. The van der Waals surface area contributed by atoms with Gasteiger partial charge in [0.1, 0.15) is 11.5 Å². The third kappa shape index (κ3) is 4.50. The number of methoxy groups -OCH3 is 2. The summed E-state index contributed by atoms with van der Waals surface area (Å²) in [5, 5.41) is 7.51. The van der Waals surface area contributed by atoms with E-state index in [4.69, 9.17) is 14.2 Å². The topological polar surface area (TPSA) is 109 Å². The Kier molecular flexibility index (Phi) is 6.54. The van der Waals surface area contributed by atoms with Crippen LogP contribution in [0.15, 0.2) is 47.3 Å². The Morgan fingerprint density at radius 1 is 1.10 bits per heavy atom. The fourth-order valence-corrected chi connectivity index (χ4v) is 3.02. The summed E-state index contributed by atoms with van der Waals surface area (Å²) < 4.78 is 16.9. The Balaban J connectivity index is 1.84. The number of anilines is 1. The van der Waals surface area contributed by atoms with Gasteiger partial charge < -0.3 is 19.5 Å². The van der Waals surface area contributed by atoms with Crippen molar-refractivity contribution in [2.24, 2.45) is 0 Å². The quantitative estimate of drug-likeness (QED) is 0.580. The molecule has 3 rings (SSSR count).